The van der Waals surface area contributed by atoms with Crippen LogP contribution in [0.1, 0.15) is 12.8 Å². The highest BCUT2D eigenvalue weighted by atomic mass is 32.1. The fraction of sp³-hybridized carbons (Fsp3) is 0.429. The van der Waals surface area contributed by atoms with Crippen LogP contribution in [0.5, 0.6) is 0 Å². The number of thiocarbonyl (C=S) groups is 1. The van der Waals surface area contributed by atoms with Crippen LogP contribution in [0, 0.1) is 5.92 Å². The average Bonchev–Trinajstić information content (AvgIpc) is 2.13. The van der Waals surface area contributed by atoms with Crippen LogP contribution in [0.2, 0.25) is 0 Å². The molecule has 1 aliphatic heterocycles. The summed E-state index contributed by atoms with van der Waals surface area (Å²) in [5, 5.41) is 0.414. The van der Waals surface area contributed by atoms with Gasteiger partial charge in [0.15, 0.2) is 5.05 Å². The van der Waals surface area contributed by atoms with Crippen molar-refractivity contribution in [3.05, 3.63) is 12.7 Å². The molecule has 10 heavy (non-hydrogen) atoms. The molecule has 1 fully saturated rings. The quantitative estimate of drug-likeness (QED) is 0.344. The lowest BCUT2D eigenvalue weighted by atomic mass is 10.1. The van der Waals surface area contributed by atoms with E-state index in [1.54, 1.807) is 6.08 Å². The minimum Gasteiger partial charge on any atom is -0.419 e. The average molecular weight is 156 g/mol. The first-order valence-corrected chi connectivity index (χ1v) is 3.50. The summed E-state index contributed by atoms with van der Waals surface area (Å²) in [6, 6.07) is 0. The normalized spacial score (nSPS) is 24.6. The van der Waals surface area contributed by atoms with Gasteiger partial charge in [-0.05, 0) is 18.6 Å². The van der Waals surface area contributed by atoms with E-state index in [0.29, 0.717) is 17.9 Å². The number of ether oxygens (including phenoxy) is 1. The number of hydrogen-bond acceptors (Lipinski definition) is 3. The third-order valence-corrected chi connectivity index (χ3v) is 1.66. The van der Waals surface area contributed by atoms with E-state index in [-0.39, 0.29) is 11.9 Å². The maximum atomic E-state index is 10.8. The van der Waals surface area contributed by atoms with Gasteiger partial charge in [-0.1, -0.05) is 6.08 Å². The van der Waals surface area contributed by atoms with Crippen LogP contribution in [0.4, 0.5) is 0 Å². The lowest BCUT2D eigenvalue weighted by Gasteiger charge is -1.95. The van der Waals surface area contributed by atoms with E-state index in [9.17, 15) is 4.79 Å². The molecule has 0 aliphatic carbocycles. The Morgan fingerprint density at radius 2 is 2.60 bits per heavy atom. The minimum absolute atomic E-state index is 0.0648. The van der Waals surface area contributed by atoms with Gasteiger partial charge in [-0.3, -0.25) is 4.79 Å². The number of cyclic esters (lactones) is 1. The lowest BCUT2D eigenvalue weighted by molar-refractivity contribution is -0.136. The maximum absolute atomic E-state index is 10.8. The van der Waals surface area contributed by atoms with Gasteiger partial charge in [0.05, 0.1) is 5.92 Å². The van der Waals surface area contributed by atoms with Crippen LogP contribution in [0.25, 0.3) is 0 Å². The minimum atomic E-state index is -0.204. The van der Waals surface area contributed by atoms with Gasteiger partial charge in [0, 0.05) is 6.42 Å². The SMILES string of the molecule is C=CCC1CC(=S)OC1=O. The lowest BCUT2D eigenvalue weighted by Crippen LogP contribution is -2.05. The van der Waals surface area contributed by atoms with E-state index in [1.165, 1.54) is 0 Å². The molecule has 1 saturated heterocycles. The first-order valence-electron chi connectivity index (χ1n) is 3.09. The van der Waals surface area contributed by atoms with Crippen molar-refractivity contribution in [2.24, 2.45) is 5.92 Å². The van der Waals surface area contributed by atoms with Gasteiger partial charge in [0.2, 0.25) is 0 Å². The molecular weight excluding hydrogens is 148 g/mol. The van der Waals surface area contributed by atoms with Crippen molar-refractivity contribution in [1.29, 1.82) is 0 Å². The molecule has 54 valence electrons. The molecule has 0 aromatic carbocycles. The highest BCUT2D eigenvalue weighted by Gasteiger charge is 2.29. The summed E-state index contributed by atoms with van der Waals surface area (Å²) in [5.74, 6) is -0.269. The van der Waals surface area contributed by atoms with Crippen LogP contribution >= 0.6 is 12.2 Å². The van der Waals surface area contributed by atoms with Gasteiger partial charge >= 0.3 is 5.97 Å². The molecular formula is C7H8O2S. The van der Waals surface area contributed by atoms with Crippen molar-refractivity contribution in [3.8, 4) is 0 Å². The summed E-state index contributed by atoms with van der Waals surface area (Å²) in [6.07, 6.45) is 2.96. The summed E-state index contributed by atoms with van der Waals surface area (Å²) in [7, 11) is 0. The Labute approximate surface area is 64.9 Å². The number of esters is 1. The zero-order chi connectivity index (χ0) is 7.56. The maximum Gasteiger partial charge on any atom is 0.315 e. The van der Waals surface area contributed by atoms with Gasteiger partial charge in [0.25, 0.3) is 0 Å². The van der Waals surface area contributed by atoms with Crippen LogP contribution in [-0.4, -0.2) is 11.0 Å². The Balaban J connectivity index is 2.54. The number of carbonyl (C=O) groups is 1. The van der Waals surface area contributed by atoms with E-state index < -0.39 is 0 Å². The Morgan fingerprint density at radius 3 is 3.00 bits per heavy atom. The summed E-state index contributed by atoms with van der Waals surface area (Å²) < 4.78 is 4.67. The molecule has 1 heterocycles. The fourth-order valence-electron chi connectivity index (χ4n) is 0.902. The number of rotatable bonds is 2. The number of carbonyl (C=O) groups excluding carboxylic acids is 1. The molecule has 0 aromatic rings. The van der Waals surface area contributed by atoms with Crippen molar-refractivity contribution in [2.75, 3.05) is 0 Å². The first kappa shape index (κ1) is 7.41. The van der Waals surface area contributed by atoms with Gasteiger partial charge in [-0.2, -0.15) is 0 Å². The fourth-order valence-corrected chi connectivity index (χ4v) is 1.19. The van der Waals surface area contributed by atoms with E-state index in [1.807, 2.05) is 0 Å². The summed E-state index contributed by atoms with van der Waals surface area (Å²) in [6.45, 7) is 3.53. The third kappa shape index (κ3) is 1.42. The second-order valence-corrected chi connectivity index (χ2v) is 2.67. The van der Waals surface area contributed by atoms with E-state index in [4.69, 9.17) is 12.2 Å². The predicted molar refractivity (Wildman–Crippen MR) is 41.6 cm³/mol. The second-order valence-electron chi connectivity index (χ2n) is 2.22. The van der Waals surface area contributed by atoms with Crippen molar-refractivity contribution >= 4 is 23.2 Å². The zero-order valence-electron chi connectivity index (χ0n) is 5.50. The van der Waals surface area contributed by atoms with E-state index in [0.717, 1.165) is 0 Å². The Bertz CT molecular complexity index is 186. The Hall–Kier alpha value is -0.700. The Morgan fingerprint density at radius 1 is 1.90 bits per heavy atom. The van der Waals surface area contributed by atoms with Crippen LogP contribution in [-0.2, 0) is 9.53 Å². The monoisotopic (exact) mass is 156 g/mol. The third-order valence-electron chi connectivity index (χ3n) is 1.41. The molecule has 1 aliphatic rings. The highest BCUT2D eigenvalue weighted by molar-refractivity contribution is 7.80. The van der Waals surface area contributed by atoms with Crippen molar-refractivity contribution in [1.82, 2.24) is 0 Å². The second kappa shape index (κ2) is 2.92. The molecule has 0 radical (unpaired) electrons. The van der Waals surface area contributed by atoms with Gasteiger partial charge < -0.3 is 4.74 Å². The summed E-state index contributed by atoms with van der Waals surface area (Å²) in [5.41, 5.74) is 0. The highest BCUT2D eigenvalue weighted by Crippen LogP contribution is 2.20. The van der Waals surface area contributed by atoms with Gasteiger partial charge in [0.1, 0.15) is 0 Å². The number of allylic oxidation sites excluding steroid dienone is 1. The summed E-state index contributed by atoms with van der Waals surface area (Å²) >= 11 is 4.71. The van der Waals surface area contributed by atoms with Crippen molar-refractivity contribution in [3.63, 3.8) is 0 Å². The van der Waals surface area contributed by atoms with Gasteiger partial charge in [-0.15, -0.1) is 6.58 Å². The molecule has 0 aromatic heterocycles. The molecule has 0 saturated carbocycles. The molecule has 0 N–H and O–H groups in total. The topological polar surface area (TPSA) is 26.3 Å². The van der Waals surface area contributed by atoms with Crippen molar-refractivity contribution in [2.45, 2.75) is 12.8 Å². The van der Waals surface area contributed by atoms with Crippen LogP contribution in [0.3, 0.4) is 0 Å². The molecule has 3 heteroatoms. The molecule has 1 rings (SSSR count). The van der Waals surface area contributed by atoms with Crippen LogP contribution < -0.4 is 0 Å². The predicted octanol–water partition coefficient (Wildman–Crippen LogP) is 1.45. The van der Waals surface area contributed by atoms with Crippen LogP contribution in [0.15, 0.2) is 12.7 Å². The molecule has 0 bridgehead atoms. The largest absolute Gasteiger partial charge is 0.419 e. The molecule has 0 amide bonds. The smallest absolute Gasteiger partial charge is 0.315 e. The Kier molecular flexibility index (Phi) is 2.17. The molecule has 0 spiro atoms. The van der Waals surface area contributed by atoms with Crippen molar-refractivity contribution < 1.29 is 9.53 Å². The standard InChI is InChI=1S/C7H8O2S/c1-2-3-5-4-6(10)9-7(5)8/h2,5H,1,3-4H2. The van der Waals surface area contributed by atoms with E-state index >= 15 is 0 Å². The first-order chi connectivity index (χ1) is 4.74. The molecule has 1 unspecified atom stereocenters. The zero-order valence-corrected chi connectivity index (χ0v) is 6.32. The molecule has 2 nitrogen and oxygen atoms in total. The van der Waals surface area contributed by atoms with E-state index in [2.05, 4.69) is 11.3 Å². The van der Waals surface area contributed by atoms with Gasteiger partial charge in [-0.25, -0.2) is 0 Å². The molecule has 1 atom stereocenters. The number of hydrogen-bond donors (Lipinski definition) is 0. The summed E-state index contributed by atoms with van der Waals surface area (Å²) in [4.78, 5) is 10.8.